The molecule has 1 fully saturated rings. The van der Waals surface area contributed by atoms with Gasteiger partial charge in [0.05, 0.1) is 15.1 Å². The van der Waals surface area contributed by atoms with E-state index < -0.39 is 10.0 Å². The third-order valence-electron chi connectivity index (χ3n) is 5.99. The average Bonchev–Trinajstić information content (AvgIpc) is 3.42. The number of anilines is 1. The molecule has 32 heavy (non-hydrogen) atoms. The minimum atomic E-state index is -3.59. The number of rotatable bonds is 5. The molecule has 1 amide bonds. The maximum absolute atomic E-state index is 13.0. The number of nitrogens with zero attached hydrogens (tertiary/aromatic N) is 2. The van der Waals surface area contributed by atoms with Gasteiger partial charge in [-0.2, -0.15) is 4.31 Å². The quantitative estimate of drug-likeness (QED) is 0.596. The number of carbonyl (C=O) groups is 1. The fourth-order valence-corrected chi connectivity index (χ4v) is 6.41. The molecule has 0 spiro atoms. The van der Waals surface area contributed by atoms with Gasteiger partial charge in [0, 0.05) is 30.8 Å². The molecule has 5 rings (SSSR count). The van der Waals surface area contributed by atoms with Crippen molar-refractivity contribution in [1.29, 1.82) is 0 Å². The number of ether oxygens (including phenoxy) is 2. The van der Waals surface area contributed by atoms with Crippen LogP contribution in [0.2, 0.25) is 0 Å². The average molecular weight is 474 g/mol. The molecule has 0 atom stereocenters. The second kappa shape index (κ2) is 8.34. The molecule has 0 bridgehead atoms. The molecule has 0 unspecified atom stereocenters. The Balaban J connectivity index is 1.30. The summed E-state index contributed by atoms with van der Waals surface area (Å²) in [6.07, 6.45) is 5.04. The highest BCUT2D eigenvalue weighted by atomic mass is 32.2. The van der Waals surface area contributed by atoms with E-state index in [-0.39, 0.29) is 23.6 Å². The zero-order valence-electron chi connectivity index (χ0n) is 17.5. The Kier molecular flexibility index (Phi) is 5.52. The molecule has 1 aliphatic heterocycles. The van der Waals surface area contributed by atoms with Crippen molar-refractivity contribution in [3.63, 3.8) is 0 Å². The fraction of sp³-hybridized carbons (Fsp3) is 0.364. The Morgan fingerprint density at radius 3 is 2.50 bits per heavy atom. The minimum absolute atomic E-state index is 0.0351. The molecule has 0 radical (unpaired) electrons. The molecule has 3 aromatic rings. The number of amides is 1. The number of aromatic nitrogens is 1. The highest BCUT2D eigenvalue weighted by molar-refractivity contribution is 7.89. The Bertz CT molecular complexity index is 1220. The number of benzene rings is 2. The zero-order valence-corrected chi connectivity index (χ0v) is 19.2. The van der Waals surface area contributed by atoms with Gasteiger partial charge in [0.15, 0.2) is 16.6 Å². The fourth-order valence-electron chi connectivity index (χ4n) is 4.13. The molecular weight excluding hydrogens is 450 g/mol. The van der Waals surface area contributed by atoms with Crippen molar-refractivity contribution < 1.29 is 22.7 Å². The summed E-state index contributed by atoms with van der Waals surface area (Å²) in [7, 11) is -1.95. The Hall–Kier alpha value is -2.69. The van der Waals surface area contributed by atoms with Crippen LogP contribution >= 0.6 is 11.3 Å². The summed E-state index contributed by atoms with van der Waals surface area (Å²) in [5.74, 6) is 0.943. The first-order valence-corrected chi connectivity index (χ1v) is 12.8. The number of fused-ring (bicyclic) bond motifs is 2. The standard InChI is InChI=1S/C22H23N3O5S2/c1-25(15-5-3-2-4-6-15)32(27,28)16-9-7-14(8-10-16)21(26)24-22-23-17-11-18-19(30-13-29-18)12-20(17)31-22/h7-12,15H,2-6,13H2,1H3,(H,23,24,26). The molecule has 2 aliphatic rings. The van der Waals surface area contributed by atoms with Crippen molar-refractivity contribution in [3.8, 4) is 11.5 Å². The van der Waals surface area contributed by atoms with Gasteiger partial charge in [-0.25, -0.2) is 13.4 Å². The molecule has 1 N–H and O–H groups in total. The van der Waals surface area contributed by atoms with Crippen LogP contribution in [0.15, 0.2) is 41.3 Å². The smallest absolute Gasteiger partial charge is 0.257 e. The minimum Gasteiger partial charge on any atom is -0.454 e. The number of sulfonamides is 1. The van der Waals surface area contributed by atoms with Crippen molar-refractivity contribution in [2.75, 3.05) is 19.2 Å². The van der Waals surface area contributed by atoms with E-state index in [9.17, 15) is 13.2 Å². The van der Waals surface area contributed by atoms with E-state index in [0.717, 1.165) is 36.8 Å². The second-order valence-electron chi connectivity index (χ2n) is 7.98. The Morgan fingerprint density at radius 2 is 1.78 bits per heavy atom. The van der Waals surface area contributed by atoms with Crippen molar-refractivity contribution in [2.24, 2.45) is 0 Å². The highest BCUT2D eigenvalue weighted by Crippen LogP contribution is 2.39. The number of nitrogens with one attached hydrogen (secondary N) is 1. The molecule has 1 saturated carbocycles. The van der Waals surface area contributed by atoms with Crippen LogP contribution in [-0.2, 0) is 10.0 Å². The topological polar surface area (TPSA) is 97.8 Å². The first-order valence-electron chi connectivity index (χ1n) is 10.5. The van der Waals surface area contributed by atoms with Gasteiger partial charge in [-0.05, 0) is 37.1 Å². The number of hydrogen-bond acceptors (Lipinski definition) is 7. The van der Waals surface area contributed by atoms with Gasteiger partial charge in [-0.1, -0.05) is 30.6 Å². The molecular formula is C22H23N3O5S2. The van der Waals surface area contributed by atoms with E-state index >= 15 is 0 Å². The van der Waals surface area contributed by atoms with Crippen LogP contribution in [-0.4, -0.2) is 43.5 Å². The number of hydrogen-bond donors (Lipinski definition) is 1. The molecule has 2 heterocycles. The second-order valence-corrected chi connectivity index (χ2v) is 11.0. The summed E-state index contributed by atoms with van der Waals surface area (Å²) in [5, 5.41) is 3.23. The largest absolute Gasteiger partial charge is 0.454 e. The molecule has 1 aliphatic carbocycles. The Morgan fingerprint density at radius 1 is 1.09 bits per heavy atom. The SMILES string of the molecule is CN(C1CCCCC1)S(=O)(=O)c1ccc(C(=O)Nc2nc3cc4c(cc3s2)OCO4)cc1. The molecule has 1 aromatic heterocycles. The highest BCUT2D eigenvalue weighted by Gasteiger charge is 2.29. The van der Waals surface area contributed by atoms with Crippen LogP contribution in [0.5, 0.6) is 11.5 Å². The van der Waals surface area contributed by atoms with Crippen molar-refractivity contribution in [2.45, 2.75) is 43.0 Å². The molecule has 8 nitrogen and oxygen atoms in total. The maximum Gasteiger partial charge on any atom is 0.257 e. The van der Waals surface area contributed by atoms with Gasteiger partial charge < -0.3 is 9.47 Å². The lowest BCUT2D eigenvalue weighted by atomic mass is 9.96. The van der Waals surface area contributed by atoms with Crippen LogP contribution in [0.25, 0.3) is 10.2 Å². The van der Waals surface area contributed by atoms with Gasteiger partial charge in [-0.15, -0.1) is 0 Å². The van der Waals surface area contributed by atoms with E-state index in [1.807, 2.05) is 6.07 Å². The third kappa shape index (κ3) is 3.94. The van der Waals surface area contributed by atoms with Gasteiger partial charge in [0.25, 0.3) is 5.91 Å². The number of thiazole rings is 1. The zero-order chi connectivity index (χ0) is 22.3. The lowest BCUT2D eigenvalue weighted by Gasteiger charge is -2.30. The van der Waals surface area contributed by atoms with Crippen LogP contribution in [0.4, 0.5) is 5.13 Å². The van der Waals surface area contributed by atoms with Crippen molar-refractivity contribution in [1.82, 2.24) is 9.29 Å². The first kappa shape index (κ1) is 21.2. The third-order valence-corrected chi connectivity index (χ3v) is 8.84. The van der Waals surface area contributed by atoms with Gasteiger partial charge in [0.1, 0.15) is 0 Å². The van der Waals surface area contributed by atoms with E-state index in [4.69, 9.17) is 9.47 Å². The van der Waals surface area contributed by atoms with E-state index in [1.165, 1.54) is 39.9 Å². The first-order chi connectivity index (χ1) is 15.4. The van der Waals surface area contributed by atoms with Gasteiger partial charge in [0.2, 0.25) is 16.8 Å². The van der Waals surface area contributed by atoms with Crippen molar-refractivity contribution in [3.05, 3.63) is 42.0 Å². The van der Waals surface area contributed by atoms with Gasteiger partial charge >= 0.3 is 0 Å². The predicted molar refractivity (Wildman–Crippen MR) is 122 cm³/mol. The lowest BCUT2D eigenvalue weighted by Crippen LogP contribution is -2.38. The summed E-state index contributed by atoms with van der Waals surface area (Å²) in [6, 6.07) is 9.69. The van der Waals surface area contributed by atoms with Crippen LogP contribution < -0.4 is 14.8 Å². The predicted octanol–water partition coefficient (Wildman–Crippen LogP) is 4.23. The number of carbonyl (C=O) groups excluding carboxylic acids is 1. The van der Waals surface area contributed by atoms with Gasteiger partial charge in [-0.3, -0.25) is 10.1 Å². The summed E-state index contributed by atoms with van der Waals surface area (Å²) in [5.41, 5.74) is 1.07. The van der Waals surface area contributed by atoms with E-state index in [0.29, 0.717) is 27.7 Å². The van der Waals surface area contributed by atoms with Crippen LogP contribution in [0.1, 0.15) is 42.5 Å². The summed E-state index contributed by atoms with van der Waals surface area (Å²) in [4.78, 5) is 17.3. The monoisotopic (exact) mass is 473 g/mol. The van der Waals surface area contributed by atoms with Crippen LogP contribution in [0, 0.1) is 0 Å². The van der Waals surface area contributed by atoms with E-state index in [1.54, 1.807) is 13.1 Å². The van der Waals surface area contributed by atoms with Crippen molar-refractivity contribution >= 4 is 42.6 Å². The molecule has 10 heteroatoms. The summed E-state index contributed by atoms with van der Waals surface area (Å²) in [6.45, 7) is 0.193. The molecule has 2 aromatic carbocycles. The van der Waals surface area contributed by atoms with E-state index in [2.05, 4.69) is 10.3 Å². The molecule has 0 saturated heterocycles. The summed E-state index contributed by atoms with van der Waals surface area (Å²) < 4.78 is 39.1. The molecule has 168 valence electrons. The summed E-state index contributed by atoms with van der Waals surface area (Å²) >= 11 is 1.33. The maximum atomic E-state index is 13.0. The lowest BCUT2D eigenvalue weighted by molar-refractivity contribution is 0.102. The Labute approximate surface area is 190 Å². The normalized spacial score (nSPS) is 16.6. The van der Waals surface area contributed by atoms with Crippen LogP contribution in [0.3, 0.4) is 0 Å².